The van der Waals surface area contributed by atoms with Gasteiger partial charge in [0.2, 0.25) is 0 Å². The second kappa shape index (κ2) is 5.40. The Labute approximate surface area is 109 Å². The van der Waals surface area contributed by atoms with Crippen molar-refractivity contribution in [2.75, 3.05) is 24.1 Å². The molecule has 4 heteroatoms. The van der Waals surface area contributed by atoms with Gasteiger partial charge in [0.15, 0.2) is 0 Å². The van der Waals surface area contributed by atoms with E-state index in [9.17, 15) is 0 Å². The zero-order valence-electron chi connectivity index (χ0n) is 11.2. The van der Waals surface area contributed by atoms with Gasteiger partial charge in [-0.1, -0.05) is 6.58 Å². The van der Waals surface area contributed by atoms with Gasteiger partial charge in [-0.3, -0.25) is 9.88 Å². The molecule has 2 heterocycles. The lowest BCUT2D eigenvalue weighted by atomic mass is 10.2. The summed E-state index contributed by atoms with van der Waals surface area (Å²) in [4.78, 5) is 6.68. The molecule has 0 aliphatic carbocycles. The molecule has 0 amide bonds. The molecule has 98 valence electrons. The van der Waals surface area contributed by atoms with E-state index in [0.717, 1.165) is 30.2 Å². The summed E-state index contributed by atoms with van der Waals surface area (Å²) in [5.41, 5.74) is 9.32. The normalized spacial score (nSPS) is 20.0. The second-order valence-corrected chi connectivity index (χ2v) is 5.09. The molecule has 0 unspecified atom stereocenters. The Morgan fingerprint density at radius 1 is 1.67 bits per heavy atom. The van der Waals surface area contributed by atoms with E-state index in [1.807, 2.05) is 13.0 Å². The SMILES string of the molecule is C=C(CN1CCC[C@@H]1C)Nc1cnc(C)c(N)c1. The molecular formula is C14H22N4. The highest BCUT2D eigenvalue weighted by Crippen LogP contribution is 2.19. The number of nitrogens with two attached hydrogens (primary N) is 1. The Morgan fingerprint density at radius 3 is 3.06 bits per heavy atom. The number of aromatic nitrogens is 1. The van der Waals surface area contributed by atoms with E-state index in [0.29, 0.717) is 11.7 Å². The summed E-state index contributed by atoms with van der Waals surface area (Å²) < 4.78 is 0. The van der Waals surface area contributed by atoms with Gasteiger partial charge in [-0.15, -0.1) is 0 Å². The molecule has 4 nitrogen and oxygen atoms in total. The fourth-order valence-electron chi connectivity index (χ4n) is 2.33. The highest BCUT2D eigenvalue weighted by molar-refractivity contribution is 5.57. The van der Waals surface area contributed by atoms with Crippen LogP contribution >= 0.6 is 0 Å². The van der Waals surface area contributed by atoms with Crippen LogP contribution < -0.4 is 11.1 Å². The summed E-state index contributed by atoms with van der Waals surface area (Å²) in [6, 6.07) is 2.56. The van der Waals surface area contributed by atoms with Crippen molar-refractivity contribution in [3.63, 3.8) is 0 Å². The van der Waals surface area contributed by atoms with Gasteiger partial charge in [0.1, 0.15) is 0 Å². The summed E-state index contributed by atoms with van der Waals surface area (Å²) in [5, 5.41) is 3.28. The van der Waals surface area contributed by atoms with Crippen LogP contribution in [-0.4, -0.2) is 29.0 Å². The predicted molar refractivity (Wildman–Crippen MR) is 76.4 cm³/mol. The number of nitrogens with one attached hydrogen (secondary N) is 1. The predicted octanol–water partition coefficient (Wildman–Crippen LogP) is 2.38. The minimum absolute atomic E-state index is 0.657. The first kappa shape index (κ1) is 12.9. The van der Waals surface area contributed by atoms with Crippen LogP contribution in [0.2, 0.25) is 0 Å². The smallest absolute Gasteiger partial charge is 0.0603 e. The minimum atomic E-state index is 0.657. The van der Waals surface area contributed by atoms with E-state index in [1.165, 1.54) is 12.8 Å². The number of rotatable bonds is 4. The van der Waals surface area contributed by atoms with Crippen LogP contribution in [-0.2, 0) is 0 Å². The molecule has 0 bridgehead atoms. The molecule has 1 atom stereocenters. The van der Waals surface area contributed by atoms with Crippen LogP contribution in [0.5, 0.6) is 0 Å². The Hall–Kier alpha value is -1.55. The van der Waals surface area contributed by atoms with E-state index in [4.69, 9.17) is 5.73 Å². The third kappa shape index (κ3) is 3.01. The van der Waals surface area contributed by atoms with Crippen molar-refractivity contribution in [3.05, 3.63) is 30.2 Å². The quantitative estimate of drug-likeness (QED) is 0.856. The van der Waals surface area contributed by atoms with Gasteiger partial charge in [0, 0.05) is 18.3 Å². The van der Waals surface area contributed by atoms with Crippen molar-refractivity contribution in [1.29, 1.82) is 0 Å². The molecule has 0 radical (unpaired) electrons. The number of nitrogens with zero attached hydrogens (tertiary/aromatic N) is 2. The van der Waals surface area contributed by atoms with Crippen LogP contribution in [0.15, 0.2) is 24.5 Å². The molecule has 0 spiro atoms. The molecule has 1 saturated heterocycles. The third-order valence-corrected chi connectivity index (χ3v) is 3.53. The van der Waals surface area contributed by atoms with E-state index in [1.54, 1.807) is 6.20 Å². The molecule has 1 aliphatic rings. The lowest BCUT2D eigenvalue weighted by Gasteiger charge is -2.22. The van der Waals surface area contributed by atoms with Crippen LogP contribution in [0.25, 0.3) is 0 Å². The zero-order valence-corrected chi connectivity index (χ0v) is 11.2. The maximum Gasteiger partial charge on any atom is 0.0603 e. The molecule has 0 aromatic carbocycles. The monoisotopic (exact) mass is 246 g/mol. The van der Waals surface area contributed by atoms with Crippen LogP contribution in [0, 0.1) is 6.92 Å². The summed E-state index contributed by atoms with van der Waals surface area (Å²) >= 11 is 0. The van der Waals surface area contributed by atoms with E-state index < -0.39 is 0 Å². The Morgan fingerprint density at radius 2 is 2.44 bits per heavy atom. The largest absolute Gasteiger partial charge is 0.397 e. The van der Waals surface area contributed by atoms with Gasteiger partial charge >= 0.3 is 0 Å². The number of hydrogen-bond acceptors (Lipinski definition) is 4. The summed E-state index contributed by atoms with van der Waals surface area (Å²) in [6.45, 7) is 10.3. The van der Waals surface area contributed by atoms with E-state index in [-0.39, 0.29) is 0 Å². The maximum atomic E-state index is 5.84. The van der Waals surface area contributed by atoms with Crippen LogP contribution in [0.1, 0.15) is 25.5 Å². The van der Waals surface area contributed by atoms with Gasteiger partial charge < -0.3 is 11.1 Å². The van der Waals surface area contributed by atoms with Gasteiger partial charge in [0.25, 0.3) is 0 Å². The van der Waals surface area contributed by atoms with Crippen LogP contribution in [0.4, 0.5) is 11.4 Å². The van der Waals surface area contributed by atoms with Crippen molar-refractivity contribution in [2.24, 2.45) is 0 Å². The highest BCUT2D eigenvalue weighted by atomic mass is 15.2. The van der Waals surface area contributed by atoms with Crippen molar-refractivity contribution in [1.82, 2.24) is 9.88 Å². The molecule has 18 heavy (non-hydrogen) atoms. The van der Waals surface area contributed by atoms with Gasteiger partial charge in [-0.25, -0.2) is 0 Å². The Bertz CT molecular complexity index is 441. The fourth-order valence-corrected chi connectivity index (χ4v) is 2.33. The number of pyridine rings is 1. The van der Waals surface area contributed by atoms with Crippen molar-refractivity contribution in [2.45, 2.75) is 32.7 Å². The van der Waals surface area contributed by atoms with Crippen molar-refractivity contribution >= 4 is 11.4 Å². The molecule has 1 aliphatic heterocycles. The first-order chi connectivity index (χ1) is 8.56. The first-order valence-electron chi connectivity index (χ1n) is 6.47. The molecule has 1 fully saturated rings. The van der Waals surface area contributed by atoms with Crippen molar-refractivity contribution < 1.29 is 0 Å². The number of nitrogen functional groups attached to an aromatic ring is 1. The fraction of sp³-hybridized carbons (Fsp3) is 0.500. The Balaban J connectivity index is 1.92. The summed E-state index contributed by atoms with van der Waals surface area (Å²) in [6.07, 6.45) is 4.37. The molecule has 1 aromatic rings. The lowest BCUT2D eigenvalue weighted by molar-refractivity contribution is 0.292. The topological polar surface area (TPSA) is 54.2 Å². The minimum Gasteiger partial charge on any atom is -0.397 e. The van der Waals surface area contributed by atoms with Gasteiger partial charge in [0.05, 0.1) is 23.3 Å². The Kier molecular flexibility index (Phi) is 3.87. The van der Waals surface area contributed by atoms with E-state index in [2.05, 4.69) is 28.7 Å². The maximum absolute atomic E-state index is 5.84. The second-order valence-electron chi connectivity index (χ2n) is 5.09. The highest BCUT2D eigenvalue weighted by Gasteiger charge is 2.20. The molecule has 0 saturated carbocycles. The van der Waals surface area contributed by atoms with Crippen LogP contribution in [0.3, 0.4) is 0 Å². The molecule has 1 aromatic heterocycles. The van der Waals surface area contributed by atoms with Gasteiger partial charge in [-0.2, -0.15) is 0 Å². The number of aryl methyl sites for hydroxylation is 1. The average Bonchev–Trinajstić information content (AvgIpc) is 2.70. The molecular weight excluding hydrogens is 224 g/mol. The zero-order chi connectivity index (χ0) is 13.1. The first-order valence-corrected chi connectivity index (χ1v) is 6.47. The summed E-state index contributed by atoms with van der Waals surface area (Å²) in [5.74, 6) is 0. The van der Waals surface area contributed by atoms with Crippen molar-refractivity contribution in [3.8, 4) is 0 Å². The standard InChI is InChI=1S/C14H22N4/c1-10(9-18-6-4-5-11(18)2)17-13-7-14(15)12(3)16-8-13/h7-8,11,17H,1,4-6,9,15H2,2-3H3/t11-/m0/s1. The number of likely N-dealkylation sites (tertiary alicyclic amines) is 1. The molecule has 3 N–H and O–H groups in total. The average molecular weight is 246 g/mol. The summed E-state index contributed by atoms with van der Waals surface area (Å²) in [7, 11) is 0. The number of anilines is 2. The van der Waals surface area contributed by atoms with Gasteiger partial charge in [-0.05, 0) is 39.3 Å². The third-order valence-electron chi connectivity index (χ3n) is 3.53. The lowest BCUT2D eigenvalue weighted by Crippen LogP contribution is -2.30. The molecule has 2 rings (SSSR count). The van der Waals surface area contributed by atoms with E-state index >= 15 is 0 Å². The number of hydrogen-bond donors (Lipinski definition) is 2.